The lowest BCUT2D eigenvalue weighted by Crippen LogP contribution is -2.54. The molecule has 1 amide bonds. The molecule has 6 heteroatoms. The molecular weight excluding hydrogens is 393 g/mol. The quantitative estimate of drug-likeness (QED) is 0.488. The number of anilines is 1. The summed E-state index contributed by atoms with van der Waals surface area (Å²) in [6, 6.07) is 7.07. The Balaban J connectivity index is 1.44. The van der Waals surface area contributed by atoms with E-state index >= 15 is 0 Å². The Morgan fingerprint density at radius 2 is 1.82 bits per heavy atom. The summed E-state index contributed by atoms with van der Waals surface area (Å²) in [5, 5.41) is 16.4. The zero-order chi connectivity index (χ0) is 19.9. The van der Waals surface area contributed by atoms with Crippen LogP contribution < -0.4 is 10.6 Å². The highest BCUT2D eigenvalue weighted by Crippen LogP contribution is 2.61. The molecule has 0 saturated heterocycles. The third-order valence-electron chi connectivity index (χ3n) is 7.02. The molecule has 5 rings (SSSR count). The largest absolute Gasteiger partial charge is 0.387 e. The number of nitrogens with zero attached hydrogens (tertiary/aromatic N) is 1. The normalized spacial score (nSPS) is 31.9. The fourth-order valence-corrected chi connectivity index (χ4v) is 6.36. The van der Waals surface area contributed by atoms with E-state index in [1.165, 1.54) is 38.5 Å². The predicted molar refractivity (Wildman–Crippen MR) is 112 cm³/mol. The first-order chi connectivity index (χ1) is 13.4. The van der Waals surface area contributed by atoms with Gasteiger partial charge in [0.1, 0.15) is 11.6 Å². The molecule has 1 atom stereocenters. The van der Waals surface area contributed by atoms with Gasteiger partial charge < -0.3 is 10.6 Å². The molecule has 4 fully saturated rings. The maximum atomic E-state index is 12.5. The van der Waals surface area contributed by atoms with Gasteiger partial charge in [-0.25, -0.2) is 0 Å². The van der Waals surface area contributed by atoms with E-state index in [2.05, 4.69) is 17.6 Å². The Kier molecular flexibility index (Phi) is 5.33. The first kappa shape index (κ1) is 19.6. The van der Waals surface area contributed by atoms with Gasteiger partial charge in [0.15, 0.2) is 0 Å². The van der Waals surface area contributed by atoms with Crippen LogP contribution in [0.4, 0.5) is 5.69 Å². The monoisotopic (exact) mass is 417 g/mol. The van der Waals surface area contributed by atoms with Gasteiger partial charge in [0.05, 0.1) is 10.7 Å². The Hall–Kier alpha value is -1.70. The van der Waals surface area contributed by atoms with Crippen molar-refractivity contribution in [3.8, 4) is 6.07 Å². The van der Waals surface area contributed by atoms with Crippen molar-refractivity contribution in [1.82, 2.24) is 5.32 Å². The van der Waals surface area contributed by atoms with Crippen molar-refractivity contribution < 1.29 is 4.79 Å². The van der Waals surface area contributed by atoms with E-state index in [1.807, 2.05) is 6.07 Å². The Morgan fingerprint density at radius 1 is 1.21 bits per heavy atom. The number of carbonyl (C=O) groups is 1. The highest BCUT2D eigenvalue weighted by molar-refractivity contribution is 6.35. The average Bonchev–Trinajstić information content (AvgIpc) is 2.64. The Bertz CT molecular complexity index is 823. The van der Waals surface area contributed by atoms with Crippen molar-refractivity contribution in [3.05, 3.63) is 40.0 Å². The van der Waals surface area contributed by atoms with Gasteiger partial charge in [-0.05, 0) is 86.8 Å². The molecule has 0 aliphatic heterocycles. The molecule has 148 valence electrons. The molecule has 0 aromatic heterocycles. The lowest BCUT2D eigenvalue weighted by Gasteiger charge is -2.59. The Labute approximate surface area is 176 Å². The van der Waals surface area contributed by atoms with Gasteiger partial charge in [-0.2, -0.15) is 5.26 Å². The van der Waals surface area contributed by atoms with Crippen LogP contribution in [0, 0.1) is 34.5 Å². The Morgan fingerprint density at radius 3 is 2.39 bits per heavy atom. The third-order valence-corrected chi connectivity index (χ3v) is 7.59. The predicted octanol–water partition coefficient (Wildman–Crippen LogP) is 5.53. The maximum Gasteiger partial charge on any atom is 0.267 e. The van der Waals surface area contributed by atoms with Gasteiger partial charge in [0.2, 0.25) is 0 Å². The second-order valence-electron chi connectivity index (χ2n) is 8.92. The molecule has 0 heterocycles. The molecule has 28 heavy (non-hydrogen) atoms. The number of halogens is 2. The number of nitriles is 1. The molecule has 4 aliphatic carbocycles. The first-order valence-corrected chi connectivity index (χ1v) is 10.8. The fourth-order valence-electron chi connectivity index (χ4n) is 6.02. The van der Waals surface area contributed by atoms with Crippen LogP contribution in [0.15, 0.2) is 30.0 Å². The summed E-state index contributed by atoms with van der Waals surface area (Å²) < 4.78 is 0. The highest BCUT2D eigenvalue weighted by atomic mass is 35.5. The van der Waals surface area contributed by atoms with Crippen molar-refractivity contribution in [2.75, 3.05) is 5.32 Å². The van der Waals surface area contributed by atoms with Crippen LogP contribution in [0.3, 0.4) is 0 Å². The van der Waals surface area contributed by atoms with Crippen molar-refractivity contribution in [1.29, 1.82) is 5.26 Å². The molecule has 1 unspecified atom stereocenters. The van der Waals surface area contributed by atoms with Gasteiger partial charge in [-0.15, -0.1) is 0 Å². The second kappa shape index (κ2) is 7.61. The first-order valence-electron chi connectivity index (χ1n) is 10.0. The summed E-state index contributed by atoms with van der Waals surface area (Å²) in [5.74, 6) is 2.10. The van der Waals surface area contributed by atoms with Gasteiger partial charge in [-0.3, -0.25) is 4.79 Å². The summed E-state index contributed by atoms with van der Waals surface area (Å²) in [6.45, 7) is 2.20. The minimum absolute atomic E-state index is 0.0348. The average molecular weight is 418 g/mol. The highest BCUT2D eigenvalue weighted by Gasteiger charge is 2.53. The second-order valence-corrected chi connectivity index (χ2v) is 9.76. The number of amides is 1. The molecule has 4 nitrogen and oxygen atoms in total. The maximum absolute atomic E-state index is 12.5. The van der Waals surface area contributed by atoms with Crippen LogP contribution in [0.2, 0.25) is 10.0 Å². The van der Waals surface area contributed by atoms with Crippen LogP contribution in [0.25, 0.3) is 0 Å². The van der Waals surface area contributed by atoms with E-state index in [0.717, 1.165) is 17.8 Å². The number of carbonyl (C=O) groups excluding carboxylic acids is 1. The number of hydrogen-bond acceptors (Lipinski definition) is 3. The standard InChI is InChI=1S/C22H25Cl2N3O/c1-13(22-8-14-4-15(9-22)6-16(5-14)10-22)26-12-17(11-25)21(28)27-20-7-18(23)2-3-19(20)24/h2-3,7,12-16,26H,4-6,8-10H2,1H3,(H,27,28)/b17-12-. The lowest BCUT2D eigenvalue weighted by atomic mass is 9.48. The summed E-state index contributed by atoms with van der Waals surface area (Å²) in [7, 11) is 0. The molecule has 4 saturated carbocycles. The SMILES string of the molecule is CC(N/C=C(/C#N)C(=O)Nc1cc(Cl)ccc1Cl)C12CC3CC(CC(C3)C1)C2. The summed E-state index contributed by atoms with van der Waals surface area (Å²) in [5.41, 5.74) is 0.737. The molecule has 0 radical (unpaired) electrons. The lowest BCUT2D eigenvalue weighted by molar-refractivity contribution is -0.112. The van der Waals surface area contributed by atoms with Crippen LogP contribution in [0.1, 0.15) is 45.4 Å². The van der Waals surface area contributed by atoms with Gasteiger partial charge in [0, 0.05) is 17.3 Å². The van der Waals surface area contributed by atoms with Crippen LogP contribution in [0.5, 0.6) is 0 Å². The number of hydrogen-bond donors (Lipinski definition) is 2. The zero-order valence-corrected chi connectivity index (χ0v) is 17.5. The molecule has 0 spiro atoms. The van der Waals surface area contributed by atoms with E-state index in [0.29, 0.717) is 21.1 Å². The van der Waals surface area contributed by atoms with E-state index in [9.17, 15) is 10.1 Å². The number of benzene rings is 1. The van der Waals surface area contributed by atoms with Crippen molar-refractivity contribution in [2.24, 2.45) is 23.2 Å². The van der Waals surface area contributed by atoms with Crippen molar-refractivity contribution in [2.45, 2.75) is 51.5 Å². The third kappa shape index (κ3) is 3.75. The molecular formula is C22H25Cl2N3O. The number of rotatable bonds is 5. The topological polar surface area (TPSA) is 64.9 Å². The van der Waals surface area contributed by atoms with E-state index in [4.69, 9.17) is 23.2 Å². The number of nitrogens with one attached hydrogen (secondary N) is 2. The van der Waals surface area contributed by atoms with Crippen LogP contribution >= 0.6 is 23.2 Å². The summed E-state index contributed by atoms with van der Waals surface area (Å²) in [6.07, 6.45) is 9.57. The van der Waals surface area contributed by atoms with Gasteiger partial charge in [-0.1, -0.05) is 23.2 Å². The minimum atomic E-state index is -0.489. The van der Waals surface area contributed by atoms with Crippen LogP contribution in [-0.4, -0.2) is 11.9 Å². The van der Waals surface area contributed by atoms with Crippen molar-refractivity contribution in [3.63, 3.8) is 0 Å². The molecule has 1 aromatic carbocycles. The minimum Gasteiger partial charge on any atom is -0.387 e. The van der Waals surface area contributed by atoms with Crippen LogP contribution in [-0.2, 0) is 4.79 Å². The molecule has 1 aromatic rings. The summed E-state index contributed by atoms with van der Waals surface area (Å²) in [4.78, 5) is 12.5. The summed E-state index contributed by atoms with van der Waals surface area (Å²) >= 11 is 12.1. The molecule has 4 aliphatic rings. The van der Waals surface area contributed by atoms with Gasteiger partial charge in [0.25, 0.3) is 5.91 Å². The molecule has 4 bridgehead atoms. The smallest absolute Gasteiger partial charge is 0.267 e. The van der Waals surface area contributed by atoms with E-state index < -0.39 is 5.91 Å². The van der Waals surface area contributed by atoms with E-state index in [-0.39, 0.29) is 11.6 Å². The zero-order valence-electron chi connectivity index (χ0n) is 16.0. The fraction of sp³-hybridized carbons (Fsp3) is 0.545. The molecule has 2 N–H and O–H groups in total. The van der Waals surface area contributed by atoms with Crippen molar-refractivity contribution >= 4 is 34.8 Å². The van der Waals surface area contributed by atoms with Gasteiger partial charge >= 0.3 is 0 Å². The van der Waals surface area contributed by atoms with E-state index in [1.54, 1.807) is 24.4 Å².